The Balaban J connectivity index is 1.55. The minimum absolute atomic E-state index is 0.0310. The molecule has 32 heavy (non-hydrogen) atoms. The molecule has 1 aliphatic carbocycles. The summed E-state index contributed by atoms with van der Waals surface area (Å²) in [6, 6.07) is 20.6. The molecular formula is C28H28ClNOS. The van der Waals surface area contributed by atoms with E-state index < -0.39 is 0 Å². The summed E-state index contributed by atoms with van der Waals surface area (Å²) in [5.41, 5.74) is 6.00. The second kappa shape index (κ2) is 9.97. The molecule has 4 heteroatoms. The SMILES string of the molecule is C=C(c1ccc(Cl)c(C)c1)c1ccccc1Sc1ccc(C(=O)NC2CCCC2)cc1C. The molecule has 0 spiro atoms. The van der Waals surface area contributed by atoms with Crippen molar-refractivity contribution in [3.8, 4) is 0 Å². The van der Waals surface area contributed by atoms with Gasteiger partial charge in [0, 0.05) is 26.4 Å². The predicted octanol–water partition coefficient (Wildman–Crippen LogP) is 7.84. The Labute approximate surface area is 200 Å². The predicted molar refractivity (Wildman–Crippen MR) is 136 cm³/mol. The van der Waals surface area contributed by atoms with Crippen molar-refractivity contribution in [2.24, 2.45) is 0 Å². The van der Waals surface area contributed by atoms with Gasteiger partial charge in [-0.25, -0.2) is 0 Å². The highest BCUT2D eigenvalue weighted by atomic mass is 35.5. The van der Waals surface area contributed by atoms with Gasteiger partial charge >= 0.3 is 0 Å². The van der Waals surface area contributed by atoms with Gasteiger partial charge in [-0.05, 0) is 90.9 Å². The maximum atomic E-state index is 12.6. The summed E-state index contributed by atoms with van der Waals surface area (Å²) in [5.74, 6) is 0.0310. The van der Waals surface area contributed by atoms with Crippen molar-refractivity contribution in [3.63, 3.8) is 0 Å². The van der Waals surface area contributed by atoms with E-state index in [1.807, 2.05) is 43.3 Å². The zero-order valence-corrected chi connectivity index (χ0v) is 20.2. The van der Waals surface area contributed by atoms with Crippen LogP contribution in [-0.2, 0) is 0 Å². The molecule has 1 amide bonds. The molecule has 3 aromatic carbocycles. The summed E-state index contributed by atoms with van der Waals surface area (Å²) in [6.45, 7) is 8.44. The number of aryl methyl sites for hydroxylation is 2. The third-order valence-electron chi connectivity index (χ3n) is 6.07. The smallest absolute Gasteiger partial charge is 0.251 e. The molecule has 0 aromatic heterocycles. The van der Waals surface area contributed by atoms with Crippen LogP contribution >= 0.6 is 23.4 Å². The Hall–Kier alpha value is -2.49. The van der Waals surface area contributed by atoms with Crippen molar-refractivity contribution in [1.29, 1.82) is 0 Å². The van der Waals surface area contributed by atoms with Gasteiger partial charge in [-0.2, -0.15) is 0 Å². The highest BCUT2D eigenvalue weighted by molar-refractivity contribution is 7.99. The van der Waals surface area contributed by atoms with Crippen LogP contribution in [0.4, 0.5) is 0 Å². The fourth-order valence-electron chi connectivity index (χ4n) is 4.16. The molecule has 1 saturated carbocycles. The van der Waals surface area contributed by atoms with Crippen molar-refractivity contribution < 1.29 is 4.79 Å². The lowest BCUT2D eigenvalue weighted by molar-refractivity contribution is 0.0937. The first-order chi connectivity index (χ1) is 15.4. The van der Waals surface area contributed by atoms with Gasteiger partial charge in [0.1, 0.15) is 0 Å². The van der Waals surface area contributed by atoms with E-state index in [-0.39, 0.29) is 5.91 Å². The van der Waals surface area contributed by atoms with Crippen LogP contribution in [-0.4, -0.2) is 11.9 Å². The standard InChI is InChI=1S/C28H28ClNOS/c1-18-16-21(12-14-25(18)29)20(3)24-10-6-7-11-27(24)32-26-15-13-22(17-19(26)2)28(31)30-23-8-4-5-9-23/h6-7,10-17,23H,3-5,8-9H2,1-2H3,(H,30,31). The molecule has 0 unspecified atom stereocenters. The Bertz CT molecular complexity index is 1160. The molecule has 0 atom stereocenters. The molecule has 0 heterocycles. The topological polar surface area (TPSA) is 29.1 Å². The van der Waals surface area contributed by atoms with Crippen LogP contribution in [0, 0.1) is 13.8 Å². The molecule has 2 nitrogen and oxygen atoms in total. The molecule has 0 aliphatic heterocycles. The third kappa shape index (κ3) is 5.11. The molecule has 0 saturated heterocycles. The normalized spacial score (nSPS) is 13.8. The van der Waals surface area contributed by atoms with Gasteiger partial charge in [0.2, 0.25) is 0 Å². The zero-order chi connectivity index (χ0) is 22.7. The Morgan fingerprint density at radius 1 is 0.938 bits per heavy atom. The maximum absolute atomic E-state index is 12.6. The van der Waals surface area contributed by atoms with Gasteiger partial charge in [0.05, 0.1) is 0 Å². The highest BCUT2D eigenvalue weighted by Gasteiger charge is 2.18. The third-order valence-corrected chi connectivity index (χ3v) is 7.74. The first-order valence-corrected chi connectivity index (χ1v) is 12.3. The van der Waals surface area contributed by atoms with E-state index in [0.717, 1.165) is 61.0 Å². The molecule has 1 fully saturated rings. The number of hydrogen-bond donors (Lipinski definition) is 1. The lowest BCUT2D eigenvalue weighted by atomic mass is 9.98. The second-order valence-electron chi connectivity index (χ2n) is 8.48. The van der Waals surface area contributed by atoms with E-state index in [0.29, 0.717) is 6.04 Å². The quantitative estimate of drug-likeness (QED) is 0.405. The number of carbonyl (C=O) groups excluding carboxylic acids is 1. The highest BCUT2D eigenvalue weighted by Crippen LogP contribution is 2.37. The van der Waals surface area contributed by atoms with Crippen molar-refractivity contribution >= 4 is 34.8 Å². The zero-order valence-electron chi connectivity index (χ0n) is 18.6. The first-order valence-electron chi connectivity index (χ1n) is 11.1. The number of carbonyl (C=O) groups is 1. The minimum Gasteiger partial charge on any atom is -0.349 e. The van der Waals surface area contributed by atoms with E-state index in [9.17, 15) is 4.79 Å². The lowest BCUT2D eigenvalue weighted by Gasteiger charge is -2.15. The Kier molecular flexibility index (Phi) is 7.07. The average molecular weight is 462 g/mol. The number of nitrogens with one attached hydrogen (secondary N) is 1. The molecular weight excluding hydrogens is 434 g/mol. The molecule has 4 rings (SSSR count). The fourth-order valence-corrected chi connectivity index (χ4v) is 5.31. The van der Waals surface area contributed by atoms with E-state index in [2.05, 4.69) is 43.1 Å². The summed E-state index contributed by atoms with van der Waals surface area (Å²) >= 11 is 7.91. The van der Waals surface area contributed by atoms with Crippen LogP contribution in [0.15, 0.2) is 77.0 Å². The van der Waals surface area contributed by atoms with Crippen LogP contribution < -0.4 is 5.32 Å². The van der Waals surface area contributed by atoms with Gasteiger partial charge in [-0.1, -0.05) is 67.0 Å². The fraction of sp³-hybridized carbons (Fsp3) is 0.250. The van der Waals surface area contributed by atoms with Crippen molar-refractivity contribution in [2.45, 2.75) is 55.4 Å². The number of rotatable bonds is 6. The Morgan fingerprint density at radius 3 is 2.34 bits per heavy atom. The van der Waals surface area contributed by atoms with Gasteiger partial charge in [0.15, 0.2) is 0 Å². The van der Waals surface area contributed by atoms with Crippen LogP contribution in [0.5, 0.6) is 0 Å². The molecule has 1 N–H and O–H groups in total. The summed E-state index contributed by atoms with van der Waals surface area (Å²) in [6.07, 6.45) is 4.60. The van der Waals surface area contributed by atoms with E-state index in [1.54, 1.807) is 11.8 Å². The van der Waals surface area contributed by atoms with Gasteiger partial charge < -0.3 is 5.32 Å². The molecule has 0 radical (unpaired) electrons. The first kappa shape index (κ1) is 22.7. The molecule has 3 aromatic rings. The summed E-state index contributed by atoms with van der Waals surface area (Å²) in [5, 5.41) is 3.94. The van der Waals surface area contributed by atoms with E-state index in [1.165, 1.54) is 12.8 Å². The van der Waals surface area contributed by atoms with Crippen LogP contribution in [0.1, 0.15) is 58.3 Å². The maximum Gasteiger partial charge on any atom is 0.251 e. The molecule has 164 valence electrons. The number of benzene rings is 3. The van der Waals surface area contributed by atoms with Crippen LogP contribution in [0.25, 0.3) is 5.57 Å². The number of halogens is 1. The van der Waals surface area contributed by atoms with E-state index in [4.69, 9.17) is 11.6 Å². The Morgan fingerprint density at radius 2 is 1.62 bits per heavy atom. The lowest BCUT2D eigenvalue weighted by Crippen LogP contribution is -2.32. The van der Waals surface area contributed by atoms with Gasteiger partial charge in [-0.15, -0.1) is 0 Å². The van der Waals surface area contributed by atoms with Crippen molar-refractivity contribution in [2.75, 3.05) is 0 Å². The number of hydrogen-bond acceptors (Lipinski definition) is 2. The van der Waals surface area contributed by atoms with Crippen molar-refractivity contribution in [3.05, 3.63) is 100 Å². The summed E-state index contributed by atoms with van der Waals surface area (Å²) < 4.78 is 0. The van der Waals surface area contributed by atoms with Crippen molar-refractivity contribution in [1.82, 2.24) is 5.32 Å². The molecule has 1 aliphatic rings. The largest absolute Gasteiger partial charge is 0.349 e. The van der Waals surface area contributed by atoms with Crippen LogP contribution in [0.2, 0.25) is 5.02 Å². The van der Waals surface area contributed by atoms with Crippen LogP contribution in [0.3, 0.4) is 0 Å². The molecule has 0 bridgehead atoms. The van der Waals surface area contributed by atoms with Gasteiger partial charge in [0.25, 0.3) is 5.91 Å². The minimum atomic E-state index is 0.0310. The summed E-state index contributed by atoms with van der Waals surface area (Å²) in [7, 11) is 0. The number of amides is 1. The average Bonchev–Trinajstić information content (AvgIpc) is 3.30. The monoisotopic (exact) mass is 461 g/mol. The van der Waals surface area contributed by atoms with Gasteiger partial charge in [-0.3, -0.25) is 4.79 Å². The van der Waals surface area contributed by atoms with E-state index >= 15 is 0 Å². The second-order valence-corrected chi connectivity index (χ2v) is 9.97. The summed E-state index contributed by atoms with van der Waals surface area (Å²) in [4.78, 5) is 14.9.